The summed E-state index contributed by atoms with van der Waals surface area (Å²) in [6, 6.07) is 17.3. The second kappa shape index (κ2) is 10.0. The first-order chi connectivity index (χ1) is 17.1. The Labute approximate surface area is 203 Å². The van der Waals surface area contributed by atoms with Gasteiger partial charge in [-0.15, -0.1) is 0 Å². The van der Waals surface area contributed by atoms with Gasteiger partial charge in [0.2, 0.25) is 0 Å². The molecule has 8 heteroatoms. The number of H-pyrrole nitrogens is 1. The van der Waals surface area contributed by atoms with Crippen molar-refractivity contribution in [2.75, 3.05) is 27.3 Å². The number of ether oxygens (including phenoxy) is 2. The van der Waals surface area contributed by atoms with E-state index < -0.39 is 0 Å². The van der Waals surface area contributed by atoms with Gasteiger partial charge in [-0.2, -0.15) is 5.10 Å². The molecular weight excluding hydrogens is 444 g/mol. The number of nitrogens with zero attached hydrogens (tertiary/aromatic N) is 3. The highest BCUT2D eigenvalue weighted by molar-refractivity contribution is 5.93. The zero-order valence-corrected chi connectivity index (χ0v) is 19.9. The van der Waals surface area contributed by atoms with Crippen molar-refractivity contribution >= 4 is 5.91 Å². The lowest BCUT2D eigenvalue weighted by atomic mass is 9.97. The van der Waals surface area contributed by atoms with Crippen molar-refractivity contribution in [1.29, 1.82) is 0 Å². The lowest BCUT2D eigenvalue weighted by molar-refractivity contribution is 0.0692. The van der Waals surface area contributed by atoms with E-state index in [1.165, 1.54) is 0 Å². The number of amides is 1. The number of benzene rings is 2. The van der Waals surface area contributed by atoms with Crippen molar-refractivity contribution in [3.8, 4) is 22.8 Å². The SMILES string of the molecule is COc1cccc(-c2cc(C(=O)N3CCC[C@@H](c4ncc(Cc5ccccc5OC)o4)C3)[nH]n2)c1. The molecule has 0 aliphatic carbocycles. The molecular formula is C27H28N4O4. The first-order valence-corrected chi connectivity index (χ1v) is 11.7. The molecule has 1 saturated heterocycles. The van der Waals surface area contributed by atoms with Crippen LogP contribution < -0.4 is 9.47 Å². The first kappa shape index (κ1) is 22.7. The largest absolute Gasteiger partial charge is 0.497 e. The number of hydrogen-bond acceptors (Lipinski definition) is 6. The number of rotatable bonds is 7. The number of carbonyl (C=O) groups excluding carboxylic acids is 1. The molecule has 1 aliphatic heterocycles. The number of aromatic nitrogens is 3. The predicted molar refractivity (Wildman–Crippen MR) is 131 cm³/mol. The normalized spacial score (nSPS) is 15.7. The van der Waals surface area contributed by atoms with E-state index in [2.05, 4.69) is 15.2 Å². The topological polar surface area (TPSA) is 93.5 Å². The van der Waals surface area contributed by atoms with Gasteiger partial charge in [0.15, 0.2) is 5.89 Å². The van der Waals surface area contributed by atoms with Crippen LogP contribution in [0.2, 0.25) is 0 Å². The molecule has 1 aliphatic rings. The predicted octanol–water partition coefficient (Wildman–Crippen LogP) is 4.69. The Bertz CT molecular complexity index is 1310. The highest BCUT2D eigenvalue weighted by Gasteiger charge is 2.29. The number of carbonyl (C=O) groups is 1. The molecule has 8 nitrogen and oxygen atoms in total. The number of hydrogen-bond donors (Lipinski definition) is 1. The monoisotopic (exact) mass is 472 g/mol. The summed E-state index contributed by atoms with van der Waals surface area (Å²) >= 11 is 0. The molecule has 0 spiro atoms. The van der Waals surface area contributed by atoms with Gasteiger partial charge in [-0.25, -0.2) is 4.98 Å². The Morgan fingerprint density at radius 1 is 1.14 bits per heavy atom. The highest BCUT2D eigenvalue weighted by atomic mass is 16.5. The van der Waals surface area contributed by atoms with Gasteiger partial charge in [0, 0.05) is 30.6 Å². The Balaban J connectivity index is 1.26. The average molecular weight is 473 g/mol. The lowest BCUT2D eigenvalue weighted by Crippen LogP contribution is -2.39. The van der Waals surface area contributed by atoms with Crippen LogP contribution >= 0.6 is 0 Å². The number of piperidine rings is 1. The third-order valence-electron chi connectivity index (χ3n) is 6.36. The molecule has 1 atom stereocenters. The minimum Gasteiger partial charge on any atom is -0.497 e. The maximum atomic E-state index is 13.2. The standard InChI is InChI=1S/C27H28N4O4/c1-33-21-10-5-8-18(13-21)23-15-24(30-29-23)27(32)31-12-6-9-20(17-31)26-28-16-22(35-26)14-19-7-3-4-11-25(19)34-2/h3-5,7-8,10-11,13,15-16,20H,6,9,12,14,17H2,1-2H3,(H,29,30)/t20-/m1/s1. The van der Waals surface area contributed by atoms with E-state index in [1.54, 1.807) is 26.5 Å². The number of aromatic amines is 1. The summed E-state index contributed by atoms with van der Waals surface area (Å²) in [5.41, 5.74) is 3.10. The van der Waals surface area contributed by atoms with Gasteiger partial charge in [-0.1, -0.05) is 30.3 Å². The second-order valence-corrected chi connectivity index (χ2v) is 8.64. The molecule has 2 aromatic heterocycles. The Kier molecular flexibility index (Phi) is 6.52. The summed E-state index contributed by atoms with van der Waals surface area (Å²) in [6.07, 6.45) is 4.19. The summed E-state index contributed by atoms with van der Waals surface area (Å²) in [4.78, 5) is 19.6. The molecule has 4 aromatic rings. The highest BCUT2D eigenvalue weighted by Crippen LogP contribution is 2.30. The number of oxazole rings is 1. The van der Waals surface area contributed by atoms with Crippen LogP contribution in [0.3, 0.4) is 0 Å². The first-order valence-electron chi connectivity index (χ1n) is 11.7. The minimum absolute atomic E-state index is 0.0555. The van der Waals surface area contributed by atoms with Crippen molar-refractivity contribution in [1.82, 2.24) is 20.1 Å². The number of likely N-dealkylation sites (tertiary alicyclic amines) is 1. The van der Waals surface area contributed by atoms with Crippen LogP contribution in [0.5, 0.6) is 11.5 Å². The number of methoxy groups -OCH3 is 2. The van der Waals surface area contributed by atoms with E-state index in [1.807, 2.05) is 53.4 Å². The fourth-order valence-electron chi connectivity index (χ4n) is 4.52. The van der Waals surface area contributed by atoms with Crippen LogP contribution in [0.15, 0.2) is 65.2 Å². The second-order valence-electron chi connectivity index (χ2n) is 8.64. The maximum Gasteiger partial charge on any atom is 0.271 e. The summed E-state index contributed by atoms with van der Waals surface area (Å²) in [5.74, 6) is 3.01. The minimum atomic E-state index is -0.0721. The van der Waals surface area contributed by atoms with Crippen molar-refractivity contribution in [3.05, 3.63) is 83.7 Å². The van der Waals surface area contributed by atoms with E-state index in [-0.39, 0.29) is 11.8 Å². The van der Waals surface area contributed by atoms with Crippen molar-refractivity contribution < 1.29 is 18.7 Å². The Morgan fingerprint density at radius 3 is 2.89 bits per heavy atom. The molecule has 2 aromatic carbocycles. The average Bonchev–Trinajstić information content (AvgIpc) is 3.59. The van der Waals surface area contributed by atoms with Gasteiger partial charge in [0.1, 0.15) is 23.0 Å². The van der Waals surface area contributed by atoms with Crippen LogP contribution in [0.1, 0.15) is 46.5 Å². The van der Waals surface area contributed by atoms with Crippen LogP contribution in [0, 0.1) is 0 Å². The van der Waals surface area contributed by atoms with Gasteiger partial charge in [0.25, 0.3) is 5.91 Å². The molecule has 0 saturated carbocycles. The van der Waals surface area contributed by atoms with Gasteiger partial charge < -0.3 is 18.8 Å². The van der Waals surface area contributed by atoms with Crippen molar-refractivity contribution in [2.45, 2.75) is 25.2 Å². The molecule has 1 fully saturated rings. The summed E-state index contributed by atoms with van der Waals surface area (Å²) < 4.78 is 16.8. The van der Waals surface area contributed by atoms with Crippen LogP contribution in [-0.4, -0.2) is 53.3 Å². The van der Waals surface area contributed by atoms with Gasteiger partial charge >= 0.3 is 0 Å². The van der Waals surface area contributed by atoms with Crippen molar-refractivity contribution in [2.24, 2.45) is 0 Å². The summed E-state index contributed by atoms with van der Waals surface area (Å²) in [7, 11) is 3.29. The van der Waals surface area contributed by atoms with Crippen molar-refractivity contribution in [3.63, 3.8) is 0 Å². The molecule has 0 unspecified atom stereocenters. The molecule has 1 N–H and O–H groups in total. The van der Waals surface area contributed by atoms with E-state index in [9.17, 15) is 4.79 Å². The maximum absolute atomic E-state index is 13.2. The summed E-state index contributed by atoms with van der Waals surface area (Å²) in [6.45, 7) is 1.25. The van der Waals surface area contributed by atoms with Crippen LogP contribution in [0.4, 0.5) is 0 Å². The van der Waals surface area contributed by atoms with Crippen LogP contribution in [0.25, 0.3) is 11.3 Å². The Hall–Kier alpha value is -4.07. The molecule has 3 heterocycles. The van der Waals surface area contributed by atoms with E-state index >= 15 is 0 Å². The fourth-order valence-corrected chi connectivity index (χ4v) is 4.52. The fraction of sp³-hybridized carbons (Fsp3) is 0.296. The third-order valence-corrected chi connectivity index (χ3v) is 6.36. The molecule has 0 bridgehead atoms. The van der Waals surface area contributed by atoms with Crippen LogP contribution in [-0.2, 0) is 6.42 Å². The van der Waals surface area contributed by atoms with Gasteiger partial charge in [0.05, 0.1) is 32.0 Å². The molecule has 5 rings (SSSR count). The van der Waals surface area contributed by atoms with Gasteiger partial charge in [-0.3, -0.25) is 9.89 Å². The smallest absolute Gasteiger partial charge is 0.271 e. The molecule has 0 radical (unpaired) electrons. The summed E-state index contributed by atoms with van der Waals surface area (Å²) in [5, 5.41) is 7.25. The van der Waals surface area contributed by atoms with Gasteiger partial charge in [-0.05, 0) is 37.1 Å². The quantitative estimate of drug-likeness (QED) is 0.419. The molecule has 35 heavy (non-hydrogen) atoms. The number of para-hydroxylation sites is 1. The molecule has 180 valence electrons. The van der Waals surface area contributed by atoms with E-state index in [0.29, 0.717) is 36.8 Å². The Morgan fingerprint density at radius 2 is 2.03 bits per heavy atom. The lowest BCUT2D eigenvalue weighted by Gasteiger charge is -2.30. The zero-order chi connectivity index (χ0) is 24.2. The molecule has 1 amide bonds. The van der Waals surface area contributed by atoms with E-state index in [4.69, 9.17) is 13.9 Å². The van der Waals surface area contributed by atoms with E-state index in [0.717, 1.165) is 41.2 Å². The number of nitrogens with one attached hydrogen (secondary N) is 1. The third kappa shape index (κ3) is 4.91. The zero-order valence-electron chi connectivity index (χ0n) is 19.9.